The Balaban J connectivity index is 1.92. The zero-order valence-electron chi connectivity index (χ0n) is 17.5. The van der Waals surface area contributed by atoms with Crippen molar-refractivity contribution in [3.05, 3.63) is 59.7 Å². The summed E-state index contributed by atoms with van der Waals surface area (Å²) in [5.74, 6) is -0.420. The largest absolute Gasteiger partial charge is 0.493 e. The highest BCUT2D eigenvalue weighted by atomic mass is 19.3. The molecular formula is C22H25F2N3O4. The van der Waals surface area contributed by atoms with E-state index in [1.165, 1.54) is 37.5 Å². The number of likely N-dealkylation sites (N-methyl/N-ethyl adjacent to an activating group) is 1. The maximum atomic E-state index is 12.4. The molecule has 0 unspecified atom stereocenters. The number of carbonyl (C=O) groups excluding carboxylic acids is 2. The topological polar surface area (TPSA) is 79.9 Å². The summed E-state index contributed by atoms with van der Waals surface area (Å²) in [5.41, 5.74) is 2.05. The van der Waals surface area contributed by atoms with Gasteiger partial charge in [-0.15, -0.1) is 0 Å². The molecule has 0 aliphatic rings. The van der Waals surface area contributed by atoms with Gasteiger partial charge in [-0.1, -0.05) is 18.2 Å². The Morgan fingerprint density at radius 2 is 1.90 bits per heavy atom. The molecule has 0 bridgehead atoms. The van der Waals surface area contributed by atoms with Crippen molar-refractivity contribution in [3.63, 3.8) is 0 Å². The summed E-state index contributed by atoms with van der Waals surface area (Å²) in [4.78, 5) is 25.7. The van der Waals surface area contributed by atoms with Gasteiger partial charge in [-0.3, -0.25) is 9.59 Å². The molecule has 0 fully saturated rings. The van der Waals surface area contributed by atoms with E-state index in [1.807, 2.05) is 6.07 Å². The molecule has 0 saturated heterocycles. The minimum absolute atomic E-state index is 0.0864. The summed E-state index contributed by atoms with van der Waals surface area (Å²) in [6.07, 6.45) is 2.85. The second-order valence-corrected chi connectivity index (χ2v) is 6.83. The molecule has 2 aromatic carbocycles. The number of hydrogen-bond donors (Lipinski definition) is 2. The van der Waals surface area contributed by atoms with Crippen LogP contribution in [0.4, 0.5) is 14.5 Å². The molecule has 0 spiro atoms. The van der Waals surface area contributed by atoms with Crippen LogP contribution in [0.2, 0.25) is 0 Å². The average Bonchev–Trinajstić information content (AvgIpc) is 2.70. The summed E-state index contributed by atoms with van der Waals surface area (Å²) >= 11 is 0. The minimum Gasteiger partial charge on any atom is -0.493 e. The number of nitrogens with one attached hydrogen (secondary N) is 2. The number of amides is 2. The molecule has 2 N–H and O–H groups in total. The zero-order valence-corrected chi connectivity index (χ0v) is 17.5. The molecule has 31 heavy (non-hydrogen) atoms. The first-order valence-corrected chi connectivity index (χ1v) is 9.39. The molecule has 2 rings (SSSR count). The smallest absolute Gasteiger partial charge is 0.387 e. The predicted octanol–water partition coefficient (Wildman–Crippen LogP) is 3.13. The Kier molecular flexibility index (Phi) is 8.95. The standard InChI is InChI=1S/C22H25F2N3O4/c1-27(2)14-21(29)26-17-6-4-5-16(11-17)13-25-20(28)10-8-15-7-9-18(31-22(23)24)19(12-15)30-3/h4-12,22H,13-14H2,1-3H3,(H,25,28)(H,26,29). The lowest BCUT2D eigenvalue weighted by molar-refractivity contribution is -0.117. The van der Waals surface area contributed by atoms with Crippen LogP contribution in [0.1, 0.15) is 11.1 Å². The van der Waals surface area contributed by atoms with E-state index in [4.69, 9.17) is 4.74 Å². The van der Waals surface area contributed by atoms with Gasteiger partial charge in [0.05, 0.1) is 13.7 Å². The summed E-state index contributed by atoms with van der Waals surface area (Å²) < 4.78 is 34.2. The van der Waals surface area contributed by atoms with Crippen LogP contribution >= 0.6 is 0 Å². The Bertz CT molecular complexity index is 933. The van der Waals surface area contributed by atoms with Crippen molar-refractivity contribution in [2.45, 2.75) is 13.2 Å². The van der Waals surface area contributed by atoms with Crippen LogP contribution in [-0.4, -0.2) is 51.1 Å². The van der Waals surface area contributed by atoms with E-state index in [0.717, 1.165) is 5.56 Å². The molecule has 0 atom stereocenters. The predicted molar refractivity (Wildman–Crippen MR) is 114 cm³/mol. The van der Waals surface area contributed by atoms with Gasteiger partial charge in [0.15, 0.2) is 11.5 Å². The number of halogens is 2. The van der Waals surface area contributed by atoms with E-state index in [9.17, 15) is 18.4 Å². The third kappa shape index (κ3) is 8.43. The van der Waals surface area contributed by atoms with Crippen molar-refractivity contribution >= 4 is 23.6 Å². The third-order valence-corrected chi connectivity index (χ3v) is 3.97. The molecule has 2 aromatic rings. The normalized spacial score (nSPS) is 11.1. The van der Waals surface area contributed by atoms with Crippen molar-refractivity contribution < 1.29 is 27.8 Å². The van der Waals surface area contributed by atoms with E-state index in [1.54, 1.807) is 37.2 Å². The molecule has 7 nitrogen and oxygen atoms in total. The lowest BCUT2D eigenvalue weighted by Gasteiger charge is -2.11. The fourth-order valence-corrected chi connectivity index (χ4v) is 2.65. The van der Waals surface area contributed by atoms with Crippen LogP contribution in [0.5, 0.6) is 11.5 Å². The van der Waals surface area contributed by atoms with Crippen LogP contribution in [0.3, 0.4) is 0 Å². The average molecular weight is 433 g/mol. The number of alkyl halides is 2. The molecule has 9 heteroatoms. The van der Waals surface area contributed by atoms with Gasteiger partial charge in [0.1, 0.15) is 0 Å². The monoisotopic (exact) mass is 433 g/mol. The summed E-state index contributed by atoms with van der Waals surface area (Å²) in [6.45, 7) is -2.42. The second-order valence-electron chi connectivity index (χ2n) is 6.83. The summed E-state index contributed by atoms with van der Waals surface area (Å²) in [7, 11) is 4.95. The van der Waals surface area contributed by atoms with Gasteiger partial charge >= 0.3 is 6.61 Å². The first-order chi connectivity index (χ1) is 14.8. The molecule has 0 heterocycles. The number of hydrogen-bond acceptors (Lipinski definition) is 5. The molecule has 0 aliphatic carbocycles. The Labute approximate surface area is 179 Å². The zero-order chi connectivity index (χ0) is 22.8. The number of methoxy groups -OCH3 is 1. The number of rotatable bonds is 10. The lowest BCUT2D eigenvalue weighted by Crippen LogP contribution is -2.27. The van der Waals surface area contributed by atoms with Crippen LogP contribution in [0.25, 0.3) is 6.08 Å². The van der Waals surface area contributed by atoms with Gasteiger partial charge in [-0.05, 0) is 55.6 Å². The molecular weight excluding hydrogens is 408 g/mol. The Morgan fingerprint density at radius 1 is 1.13 bits per heavy atom. The number of anilines is 1. The van der Waals surface area contributed by atoms with Crippen LogP contribution in [0.15, 0.2) is 48.5 Å². The second kappa shape index (κ2) is 11.7. The molecule has 166 valence electrons. The van der Waals surface area contributed by atoms with Gasteiger partial charge in [0.2, 0.25) is 11.8 Å². The van der Waals surface area contributed by atoms with Gasteiger partial charge in [0.25, 0.3) is 0 Å². The van der Waals surface area contributed by atoms with E-state index in [2.05, 4.69) is 15.4 Å². The number of benzene rings is 2. The number of nitrogens with zero attached hydrogens (tertiary/aromatic N) is 1. The molecule has 0 aromatic heterocycles. The molecule has 0 saturated carbocycles. The van der Waals surface area contributed by atoms with E-state index < -0.39 is 6.61 Å². The Morgan fingerprint density at radius 3 is 2.58 bits per heavy atom. The maximum absolute atomic E-state index is 12.4. The van der Waals surface area contributed by atoms with Crippen molar-refractivity contribution in [1.82, 2.24) is 10.2 Å². The molecule has 0 radical (unpaired) electrons. The van der Waals surface area contributed by atoms with Gasteiger partial charge in [-0.2, -0.15) is 8.78 Å². The van der Waals surface area contributed by atoms with Crippen LogP contribution in [-0.2, 0) is 16.1 Å². The number of carbonyl (C=O) groups is 2. The van der Waals surface area contributed by atoms with Gasteiger partial charge in [0, 0.05) is 18.3 Å². The minimum atomic E-state index is -2.96. The fourth-order valence-electron chi connectivity index (χ4n) is 2.65. The van der Waals surface area contributed by atoms with Gasteiger partial charge < -0.3 is 25.0 Å². The van der Waals surface area contributed by atoms with E-state index in [-0.39, 0.29) is 36.4 Å². The summed E-state index contributed by atoms with van der Waals surface area (Å²) in [5, 5.41) is 5.54. The van der Waals surface area contributed by atoms with Crippen molar-refractivity contribution in [2.75, 3.05) is 33.1 Å². The lowest BCUT2D eigenvalue weighted by atomic mass is 10.1. The van der Waals surface area contributed by atoms with Crippen molar-refractivity contribution in [1.29, 1.82) is 0 Å². The van der Waals surface area contributed by atoms with Crippen molar-refractivity contribution in [3.8, 4) is 11.5 Å². The highest BCUT2D eigenvalue weighted by Gasteiger charge is 2.10. The van der Waals surface area contributed by atoms with Crippen LogP contribution in [0, 0.1) is 0 Å². The quantitative estimate of drug-likeness (QED) is 0.563. The van der Waals surface area contributed by atoms with E-state index >= 15 is 0 Å². The maximum Gasteiger partial charge on any atom is 0.387 e. The van der Waals surface area contributed by atoms with Crippen LogP contribution < -0.4 is 20.1 Å². The fraction of sp³-hybridized carbons (Fsp3) is 0.273. The van der Waals surface area contributed by atoms with E-state index in [0.29, 0.717) is 11.3 Å². The molecule has 2 amide bonds. The van der Waals surface area contributed by atoms with Crippen molar-refractivity contribution in [2.24, 2.45) is 0 Å². The van der Waals surface area contributed by atoms with Gasteiger partial charge in [-0.25, -0.2) is 0 Å². The summed E-state index contributed by atoms with van der Waals surface area (Å²) in [6, 6.07) is 11.5. The highest BCUT2D eigenvalue weighted by Crippen LogP contribution is 2.29. The third-order valence-electron chi connectivity index (χ3n) is 3.97. The SMILES string of the molecule is COc1cc(C=CC(=O)NCc2cccc(NC(=O)CN(C)C)c2)ccc1OC(F)F. The first-order valence-electron chi connectivity index (χ1n) is 9.39. The Hall–Kier alpha value is -3.46. The highest BCUT2D eigenvalue weighted by molar-refractivity contribution is 5.93. The number of ether oxygens (including phenoxy) is 2. The first kappa shape index (κ1) is 23.8. The molecule has 0 aliphatic heterocycles.